The maximum Gasteiger partial charge on any atom is 0.407 e. The number of ether oxygens (including phenoxy) is 3. The van der Waals surface area contributed by atoms with Gasteiger partial charge in [0.1, 0.15) is 12.2 Å². The van der Waals surface area contributed by atoms with E-state index in [-0.39, 0.29) is 37.2 Å². The second kappa shape index (κ2) is 15.8. The summed E-state index contributed by atoms with van der Waals surface area (Å²) in [6.07, 6.45) is 0.317. The van der Waals surface area contributed by atoms with Crippen molar-refractivity contribution in [1.29, 1.82) is 0 Å². The lowest BCUT2D eigenvalue weighted by molar-refractivity contribution is 0.0527. The van der Waals surface area contributed by atoms with E-state index in [1.807, 2.05) is 45.9 Å². The highest BCUT2D eigenvalue weighted by molar-refractivity contribution is 14.0. The van der Waals surface area contributed by atoms with Gasteiger partial charge in [0.25, 0.3) is 0 Å². The highest BCUT2D eigenvalue weighted by atomic mass is 127. The number of alkyl carbamates (subject to hydrolysis) is 1. The molecular weight excluding hydrogens is 515 g/mol. The van der Waals surface area contributed by atoms with Gasteiger partial charge >= 0.3 is 6.09 Å². The number of aliphatic hydroxyl groups is 1. The molecule has 0 fully saturated rings. The predicted molar refractivity (Wildman–Crippen MR) is 133 cm³/mol. The lowest BCUT2D eigenvalue weighted by Gasteiger charge is -2.19. The second-order valence-corrected chi connectivity index (χ2v) is 7.46. The number of rotatable bonds is 11. The topological polar surface area (TPSA) is 113 Å². The van der Waals surface area contributed by atoms with Crippen LogP contribution in [0.2, 0.25) is 0 Å². The summed E-state index contributed by atoms with van der Waals surface area (Å²) < 4.78 is 16.0. The number of carbonyl (C=O) groups excluding carboxylic acids is 1. The molecule has 0 atom stereocenters. The zero-order chi connectivity index (χ0) is 22.4. The van der Waals surface area contributed by atoms with Crippen LogP contribution in [0, 0.1) is 0 Å². The van der Waals surface area contributed by atoms with Crippen LogP contribution in [-0.4, -0.2) is 62.7 Å². The van der Waals surface area contributed by atoms with Gasteiger partial charge in [-0.25, -0.2) is 9.79 Å². The molecule has 0 unspecified atom stereocenters. The Morgan fingerprint density at radius 2 is 1.84 bits per heavy atom. The fourth-order valence-electron chi connectivity index (χ4n) is 2.40. The van der Waals surface area contributed by atoms with Gasteiger partial charge in [0.15, 0.2) is 17.5 Å². The predicted octanol–water partition coefficient (Wildman–Crippen LogP) is 2.65. The molecular formula is C21H37IN4O5. The van der Waals surface area contributed by atoms with E-state index in [1.54, 1.807) is 7.11 Å². The minimum absolute atomic E-state index is 0. The molecule has 31 heavy (non-hydrogen) atoms. The third-order valence-electron chi connectivity index (χ3n) is 3.66. The van der Waals surface area contributed by atoms with E-state index in [9.17, 15) is 4.79 Å². The molecule has 0 spiro atoms. The minimum Gasteiger partial charge on any atom is -0.493 e. The molecule has 0 saturated heterocycles. The fraction of sp³-hybridized carbons (Fsp3) is 0.619. The molecule has 1 aromatic carbocycles. The van der Waals surface area contributed by atoms with Crippen LogP contribution in [0.15, 0.2) is 23.2 Å². The van der Waals surface area contributed by atoms with E-state index in [1.165, 1.54) is 0 Å². The van der Waals surface area contributed by atoms with Crippen molar-refractivity contribution in [1.82, 2.24) is 16.0 Å². The summed E-state index contributed by atoms with van der Waals surface area (Å²) in [6.45, 7) is 10.0. The highest BCUT2D eigenvalue weighted by Gasteiger charge is 2.15. The average molecular weight is 552 g/mol. The lowest BCUT2D eigenvalue weighted by atomic mass is 10.2. The number of amides is 1. The Hall–Kier alpha value is -1.95. The molecule has 0 bridgehead atoms. The van der Waals surface area contributed by atoms with Gasteiger partial charge in [-0.3, -0.25) is 0 Å². The van der Waals surface area contributed by atoms with Crippen molar-refractivity contribution in [3.63, 3.8) is 0 Å². The molecule has 0 aliphatic heterocycles. The molecule has 0 aromatic heterocycles. The van der Waals surface area contributed by atoms with Crippen molar-refractivity contribution in [2.75, 3.05) is 40.0 Å². The number of hydrogen-bond acceptors (Lipinski definition) is 6. The summed E-state index contributed by atoms with van der Waals surface area (Å²) in [4.78, 5) is 16.2. The van der Waals surface area contributed by atoms with Gasteiger partial charge in [-0.2, -0.15) is 0 Å². The molecule has 9 nitrogen and oxygen atoms in total. The van der Waals surface area contributed by atoms with Crippen LogP contribution in [-0.2, 0) is 11.3 Å². The first-order chi connectivity index (χ1) is 14.3. The minimum atomic E-state index is -0.501. The summed E-state index contributed by atoms with van der Waals surface area (Å²) in [5.41, 5.74) is 0.464. The van der Waals surface area contributed by atoms with Gasteiger partial charge in [0.05, 0.1) is 20.3 Å². The van der Waals surface area contributed by atoms with Crippen LogP contribution < -0.4 is 25.4 Å². The molecule has 0 aliphatic carbocycles. The summed E-state index contributed by atoms with van der Waals surface area (Å²) >= 11 is 0. The quantitative estimate of drug-likeness (QED) is 0.145. The van der Waals surface area contributed by atoms with Gasteiger partial charge < -0.3 is 35.3 Å². The van der Waals surface area contributed by atoms with Crippen LogP contribution in [0.4, 0.5) is 4.79 Å². The first kappa shape index (κ1) is 29.1. The van der Waals surface area contributed by atoms with Gasteiger partial charge in [0.2, 0.25) is 0 Å². The van der Waals surface area contributed by atoms with Crippen LogP contribution in [0.25, 0.3) is 0 Å². The third kappa shape index (κ3) is 13.1. The molecule has 1 aromatic rings. The van der Waals surface area contributed by atoms with E-state index in [0.717, 1.165) is 18.5 Å². The molecule has 0 heterocycles. The van der Waals surface area contributed by atoms with Gasteiger partial charge in [-0.05, 0) is 51.8 Å². The number of hydrogen-bond donors (Lipinski definition) is 4. The smallest absolute Gasteiger partial charge is 0.407 e. The number of aliphatic hydroxyl groups excluding tert-OH is 1. The van der Waals surface area contributed by atoms with Crippen molar-refractivity contribution in [2.24, 2.45) is 4.99 Å². The Morgan fingerprint density at radius 1 is 1.13 bits per heavy atom. The van der Waals surface area contributed by atoms with E-state index in [2.05, 4.69) is 20.9 Å². The monoisotopic (exact) mass is 552 g/mol. The van der Waals surface area contributed by atoms with Crippen molar-refractivity contribution in [3.05, 3.63) is 23.8 Å². The Bertz CT molecular complexity index is 680. The Balaban J connectivity index is 0.00000900. The standard InChI is InChI=1S/C21H36N4O5.HI/c1-6-22-19(23-10-7-11-24-20(27)30-21(2,3)4)25-15-16-8-9-17(29-13-12-26)18(14-16)28-5;/h8-9,14,26H,6-7,10-13,15H2,1-5H3,(H,24,27)(H2,22,23,25);1H. The average Bonchev–Trinajstić information content (AvgIpc) is 2.69. The van der Waals surface area contributed by atoms with Crippen LogP contribution in [0.5, 0.6) is 11.5 Å². The Labute approximate surface area is 202 Å². The summed E-state index contributed by atoms with van der Waals surface area (Å²) in [5, 5.41) is 18.1. The molecule has 1 amide bonds. The zero-order valence-electron chi connectivity index (χ0n) is 19.1. The number of guanidine groups is 1. The summed E-state index contributed by atoms with van der Waals surface area (Å²) in [7, 11) is 1.57. The lowest BCUT2D eigenvalue weighted by Crippen LogP contribution is -2.39. The number of nitrogens with one attached hydrogen (secondary N) is 3. The number of aliphatic imine (C=N–C) groups is 1. The molecule has 178 valence electrons. The first-order valence-electron chi connectivity index (χ1n) is 10.2. The van der Waals surface area contributed by atoms with E-state index in [0.29, 0.717) is 37.1 Å². The Morgan fingerprint density at radius 3 is 2.45 bits per heavy atom. The maximum absolute atomic E-state index is 11.6. The number of halogens is 1. The number of nitrogens with zero attached hydrogens (tertiary/aromatic N) is 1. The molecule has 0 saturated carbocycles. The van der Waals surface area contributed by atoms with E-state index >= 15 is 0 Å². The molecule has 4 N–H and O–H groups in total. The van der Waals surface area contributed by atoms with Gasteiger partial charge in [-0.15, -0.1) is 24.0 Å². The van der Waals surface area contributed by atoms with E-state index < -0.39 is 11.7 Å². The third-order valence-corrected chi connectivity index (χ3v) is 3.66. The molecule has 10 heteroatoms. The number of carbonyl (C=O) groups is 1. The molecule has 1 rings (SSSR count). The van der Waals surface area contributed by atoms with Crippen molar-refractivity contribution in [2.45, 2.75) is 46.3 Å². The fourth-order valence-corrected chi connectivity index (χ4v) is 2.40. The summed E-state index contributed by atoms with van der Waals surface area (Å²) in [5.74, 6) is 1.87. The Kier molecular flexibility index (Phi) is 14.8. The second-order valence-electron chi connectivity index (χ2n) is 7.46. The maximum atomic E-state index is 11.6. The summed E-state index contributed by atoms with van der Waals surface area (Å²) in [6, 6.07) is 5.58. The van der Waals surface area contributed by atoms with Gasteiger partial charge in [-0.1, -0.05) is 6.07 Å². The molecule has 0 aliphatic rings. The normalized spacial score (nSPS) is 11.2. The van der Waals surface area contributed by atoms with Crippen LogP contribution in [0.1, 0.15) is 39.7 Å². The zero-order valence-corrected chi connectivity index (χ0v) is 21.4. The molecule has 0 radical (unpaired) electrons. The van der Waals surface area contributed by atoms with Crippen LogP contribution in [0.3, 0.4) is 0 Å². The SMILES string of the molecule is CCNC(=NCc1ccc(OCCO)c(OC)c1)NCCCNC(=O)OC(C)(C)C.I. The van der Waals surface area contributed by atoms with Crippen molar-refractivity contribution in [3.8, 4) is 11.5 Å². The van der Waals surface area contributed by atoms with Crippen molar-refractivity contribution >= 4 is 36.0 Å². The number of benzene rings is 1. The first-order valence-corrected chi connectivity index (χ1v) is 10.2. The largest absolute Gasteiger partial charge is 0.493 e. The van der Waals surface area contributed by atoms with E-state index in [4.69, 9.17) is 19.3 Å². The highest BCUT2D eigenvalue weighted by Crippen LogP contribution is 2.28. The van der Waals surface area contributed by atoms with Crippen LogP contribution >= 0.6 is 24.0 Å². The van der Waals surface area contributed by atoms with Crippen molar-refractivity contribution < 1.29 is 24.1 Å². The number of methoxy groups -OCH3 is 1. The van der Waals surface area contributed by atoms with Gasteiger partial charge in [0, 0.05) is 19.6 Å².